The maximum Gasteiger partial charge on any atom is 0.330 e. The monoisotopic (exact) mass is 328 g/mol. The fourth-order valence-electron chi connectivity index (χ4n) is 2.43. The number of hydroxylamine groups is 2. The third kappa shape index (κ3) is 3.84. The lowest BCUT2D eigenvalue weighted by molar-refractivity contribution is -0.385. The summed E-state index contributed by atoms with van der Waals surface area (Å²) >= 11 is 0. The summed E-state index contributed by atoms with van der Waals surface area (Å²) in [5.41, 5.74) is -2.59. The van der Waals surface area contributed by atoms with Crippen LogP contribution in [0.4, 0.5) is 10.1 Å². The zero-order valence-corrected chi connectivity index (χ0v) is 13.7. The Hall–Kier alpha value is -2.03. The van der Waals surface area contributed by atoms with Gasteiger partial charge in [0.1, 0.15) is 18.1 Å². The SMILES string of the molecule is CC(C)(C)C(=O)ON1CCC(n2cc([N+](=O)[O-])cn2)C(C)(F)C1. The molecular weight excluding hydrogens is 307 g/mol. The average molecular weight is 328 g/mol. The van der Waals surface area contributed by atoms with Crippen LogP contribution in [-0.4, -0.2) is 44.5 Å². The molecule has 0 bridgehead atoms. The number of carbonyl (C=O) groups excluding carboxylic acids is 1. The first kappa shape index (κ1) is 17.3. The second kappa shape index (κ2) is 5.88. The van der Waals surface area contributed by atoms with E-state index in [9.17, 15) is 19.3 Å². The molecule has 2 rings (SSSR count). The summed E-state index contributed by atoms with van der Waals surface area (Å²) in [6.45, 7) is 6.76. The Morgan fingerprint density at radius 2 is 2.22 bits per heavy atom. The zero-order valence-electron chi connectivity index (χ0n) is 13.7. The van der Waals surface area contributed by atoms with Crippen LogP contribution < -0.4 is 0 Å². The molecule has 0 radical (unpaired) electrons. The minimum Gasteiger partial charge on any atom is -0.367 e. The van der Waals surface area contributed by atoms with Gasteiger partial charge in [0.25, 0.3) is 0 Å². The van der Waals surface area contributed by atoms with Crippen molar-refractivity contribution >= 4 is 11.7 Å². The highest BCUT2D eigenvalue weighted by atomic mass is 19.1. The number of alkyl halides is 1. The highest BCUT2D eigenvalue weighted by molar-refractivity contribution is 5.75. The van der Waals surface area contributed by atoms with Crippen molar-refractivity contribution in [2.75, 3.05) is 13.1 Å². The summed E-state index contributed by atoms with van der Waals surface area (Å²) in [5, 5.41) is 15.9. The Bertz CT molecular complexity index is 608. The predicted molar refractivity (Wildman–Crippen MR) is 79.2 cm³/mol. The number of nitro groups is 1. The van der Waals surface area contributed by atoms with Gasteiger partial charge in [-0.05, 0) is 34.1 Å². The van der Waals surface area contributed by atoms with Crippen molar-refractivity contribution < 1.29 is 18.9 Å². The molecule has 1 saturated heterocycles. The maximum absolute atomic E-state index is 15.0. The summed E-state index contributed by atoms with van der Waals surface area (Å²) in [5.74, 6) is -0.429. The van der Waals surface area contributed by atoms with E-state index < -0.39 is 28.0 Å². The number of aromatic nitrogens is 2. The summed E-state index contributed by atoms with van der Waals surface area (Å²) in [7, 11) is 0. The van der Waals surface area contributed by atoms with Crippen LogP contribution >= 0.6 is 0 Å². The van der Waals surface area contributed by atoms with Crippen molar-refractivity contribution in [2.24, 2.45) is 5.41 Å². The number of nitrogens with zero attached hydrogens (tertiary/aromatic N) is 4. The third-order valence-electron chi connectivity index (χ3n) is 3.77. The molecule has 0 spiro atoms. The minimum absolute atomic E-state index is 0.118. The molecule has 1 aliphatic rings. The standard InChI is InChI=1S/C14H21FN4O4/c1-13(2,3)12(20)23-17-6-5-11(14(4,15)9-17)18-8-10(7-16-18)19(21)22/h7-8,11H,5-6,9H2,1-4H3. The lowest BCUT2D eigenvalue weighted by atomic mass is 9.92. The van der Waals surface area contributed by atoms with E-state index in [0.29, 0.717) is 13.0 Å². The molecule has 0 N–H and O–H groups in total. The van der Waals surface area contributed by atoms with Crippen molar-refractivity contribution in [3.63, 3.8) is 0 Å². The van der Waals surface area contributed by atoms with Gasteiger partial charge in [-0.2, -0.15) is 5.10 Å². The molecule has 1 aromatic heterocycles. The van der Waals surface area contributed by atoms with Gasteiger partial charge >= 0.3 is 11.7 Å². The predicted octanol–water partition coefficient (Wildman–Crippen LogP) is 2.27. The van der Waals surface area contributed by atoms with Gasteiger partial charge in [0.05, 0.1) is 22.9 Å². The fourth-order valence-corrected chi connectivity index (χ4v) is 2.43. The van der Waals surface area contributed by atoms with Gasteiger partial charge < -0.3 is 4.84 Å². The highest BCUT2D eigenvalue weighted by Crippen LogP contribution is 2.35. The molecule has 0 saturated carbocycles. The molecule has 2 unspecified atom stereocenters. The number of halogens is 1. The largest absolute Gasteiger partial charge is 0.367 e. The van der Waals surface area contributed by atoms with Crippen LogP contribution in [0, 0.1) is 15.5 Å². The van der Waals surface area contributed by atoms with E-state index >= 15 is 0 Å². The molecule has 0 amide bonds. The second-order valence-electron chi connectivity index (χ2n) is 7.01. The Balaban J connectivity index is 2.08. The first-order valence-electron chi connectivity index (χ1n) is 7.35. The second-order valence-corrected chi connectivity index (χ2v) is 7.01. The van der Waals surface area contributed by atoms with Gasteiger partial charge in [0.15, 0.2) is 0 Å². The first-order valence-corrected chi connectivity index (χ1v) is 7.35. The molecule has 9 heteroatoms. The van der Waals surface area contributed by atoms with Crippen molar-refractivity contribution in [2.45, 2.75) is 45.8 Å². The molecule has 0 aromatic carbocycles. The summed E-state index contributed by atoms with van der Waals surface area (Å²) in [6, 6.07) is -0.652. The summed E-state index contributed by atoms with van der Waals surface area (Å²) in [4.78, 5) is 27.3. The number of rotatable bonds is 3. The van der Waals surface area contributed by atoms with Crippen LogP contribution in [-0.2, 0) is 9.63 Å². The fraction of sp³-hybridized carbons (Fsp3) is 0.714. The number of hydrogen-bond acceptors (Lipinski definition) is 6. The van der Waals surface area contributed by atoms with Gasteiger partial charge in [-0.25, -0.2) is 9.18 Å². The lowest BCUT2D eigenvalue weighted by Crippen LogP contribution is -2.51. The Morgan fingerprint density at radius 1 is 1.57 bits per heavy atom. The van der Waals surface area contributed by atoms with Gasteiger partial charge in [-0.1, -0.05) is 0 Å². The molecule has 8 nitrogen and oxygen atoms in total. The van der Waals surface area contributed by atoms with Crippen molar-refractivity contribution in [3.8, 4) is 0 Å². The van der Waals surface area contributed by atoms with E-state index in [1.165, 1.54) is 22.9 Å². The van der Waals surface area contributed by atoms with E-state index in [-0.39, 0.29) is 12.2 Å². The zero-order chi connectivity index (χ0) is 17.4. The van der Waals surface area contributed by atoms with Crippen LogP contribution in [0.1, 0.15) is 40.2 Å². The average Bonchev–Trinajstić information content (AvgIpc) is 2.85. The molecular formula is C14H21FN4O4. The van der Waals surface area contributed by atoms with Crippen LogP contribution in [0.3, 0.4) is 0 Å². The Morgan fingerprint density at radius 3 is 2.70 bits per heavy atom. The molecule has 23 heavy (non-hydrogen) atoms. The minimum atomic E-state index is -1.74. The van der Waals surface area contributed by atoms with Crippen LogP contribution in [0.25, 0.3) is 0 Å². The maximum atomic E-state index is 15.0. The quantitative estimate of drug-likeness (QED) is 0.624. The van der Waals surface area contributed by atoms with E-state index in [0.717, 1.165) is 6.20 Å². The van der Waals surface area contributed by atoms with Crippen molar-refractivity contribution in [1.29, 1.82) is 0 Å². The normalized spacial score (nSPS) is 26.0. The summed E-state index contributed by atoms with van der Waals surface area (Å²) in [6.07, 6.45) is 2.64. The van der Waals surface area contributed by atoms with Gasteiger partial charge in [0, 0.05) is 6.54 Å². The third-order valence-corrected chi connectivity index (χ3v) is 3.77. The van der Waals surface area contributed by atoms with E-state index in [2.05, 4.69) is 5.10 Å². The lowest BCUT2D eigenvalue weighted by Gasteiger charge is -2.40. The summed E-state index contributed by atoms with van der Waals surface area (Å²) < 4.78 is 16.2. The number of carbonyl (C=O) groups is 1. The molecule has 128 valence electrons. The van der Waals surface area contributed by atoms with Gasteiger partial charge in [-0.3, -0.25) is 14.8 Å². The highest BCUT2D eigenvalue weighted by Gasteiger charge is 2.44. The van der Waals surface area contributed by atoms with Crippen molar-refractivity contribution in [3.05, 3.63) is 22.5 Å². The molecule has 1 fully saturated rings. The van der Waals surface area contributed by atoms with E-state index in [4.69, 9.17) is 4.84 Å². The van der Waals surface area contributed by atoms with Gasteiger partial charge in [-0.15, -0.1) is 5.06 Å². The van der Waals surface area contributed by atoms with Gasteiger partial charge in [0.2, 0.25) is 0 Å². The molecule has 0 aliphatic carbocycles. The molecule has 1 aliphatic heterocycles. The topological polar surface area (TPSA) is 90.5 Å². The van der Waals surface area contributed by atoms with Crippen LogP contribution in [0.2, 0.25) is 0 Å². The number of piperidine rings is 1. The number of hydrogen-bond donors (Lipinski definition) is 0. The van der Waals surface area contributed by atoms with Crippen LogP contribution in [0.5, 0.6) is 0 Å². The first-order chi connectivity index (χ1) is 10.5. The van der Waals surface area contributed by atoms with Crippen molar-refractivity contribution in [1.82, 2.24) is 14.8 Å². The molecule has 2 heterocycles. The smallest absolute Gasteiger partial charge is 0.330 e. The van der Waals surface area contributed by atoms with E-state index in [1.807, 2.05) is 0 Å². The molecule has 2 atom stereocenters. The van der Waals surface area contributed by atoms with E-state index in [1.54, 1.807) is 20.8 Å². The molecule has 1 aromatic rings. The van der Waals surface area contributed by atoms with Crippen LogP contribution in [0.15, 0.2) is 12.4 Å². The Kier molecular flexibility index (Phi) is 4.43. The Labute approximate surface area is 133 Å².